The molecular weight excluding hydrogens is 356 g/mol. The largest absolute Gasteiger partial charge is 0.363 e. The number of allylic oxidation sites excluding steroid dienone is 2. The number of H-pyrrole nitrogens is 1. The first-order chi connectivity index (χ1) is 13.8. The van der Waals surface area contributed by atoms with Gasteiger partial charge in [-0.1, -0.05) is 18.2 Å². The third kappa shape index (κ3) is 3.23. The first-order valence-electron chi connectivity index (χ1n) is 10.0. The summed E-state index contributed by atoms with van der Waals surface area (Å²) in [6.07, 6.45) is 4.27. The van der Waals surface area contributed by atoms with Crippen LogP contribution in [0.25, 0.3) is 28.3 Å². The quantitative estimate of drug-likeness (QED) is 0.569. The van der Waals surface area contributed by atoms with Crippen molar-refractivity contribution < 1.29 is 0 Å². The molecule has 1 N–H and O–H groups in total. The predicted octanol–water partition coefficient (Wildman–Crippen LogP) is 5.96. The number of rotatable bonds is 3. The molecule has 0 saturated heterocycles. The number of aromatic amines is 1. The van der Waals surface area contributed by atoms with Gasteiger partial charge < -0.3 is 9.88 Å². The van der Waals surface area contributed by atoms with Crippen LogP contribution in [0.2, 0.25) is 0 Å². The maximum Gasteiger partial charge on any atom is 0.149 e. The minimum absolute atomic E-state index is 0.0122. The SMILES string of the molecule is CCN1c2cc(C)c(/C=C(/C#N)c3nc4ccccc4[nH]3)cc2C(C)=CC1(C)C. The Labute approximate surface area is 172 Å². The molecule has 1 aliphatic heterocycles. The maximum atomic E-state index is 9.80. The molecule has 0 fully saturated rings. The van der Waals surface area contributed by atoms with Crippen LogP contribution in [0.3, 0.4) is 0 Å². The van der Waals surface area contributed by atoms with Gasteiger partial charge in [-0.2, -0.15) is 5.26 Å². The average molecular weight is 383 g/mol. The smallest absolute Gasteiger partial charge is 0.149 e. The average Bonchev–Trinajstić information content (AvgIpc) is 3.10. The summed E-state index contributed by atoms with van der Waals surface area (Å²) < 4.78 is 0. The zero-order valence-corrected chi connectivity index (χ0v) is 17.7. The Morgan fingerprint density at radius 1 is 1.24 bits per heavy atom. The third-order valence-electron chi connectivity index (χ3n) is 5.75. The summed E-state index contributed by atoms with van der Waals surface area (Å²) in [7, 11) is 0. The summed E-state index contributed by atoms with van der Waals surface area (Å²) in [6.45, 7) is 11.9. The van der Waals surface area contributed by atoms with Gasteiger partial charge in [-0.05, 0) is 81.7 Å². The van der Waals surface area contributed by atoms with Gasteiger partial charge in [0.1, 0.15) is 11.9 Å². The fraction of sp³-hybridized carbons (Fsp3) is 0.280. The summed E-state index contributed by atoms with van der Waals surface area (Å²) in [5.41, 5.74) is 8.28. The second-order valence-corrected chi connectivity index (χ2v) is 8.22. The number of imidazole rings is 1. The van der Waals surface area contributed by atoms with E-state index in [2.05, 4.69) is 73.8 Å². The maximum absolute atomic E-state index is 9.80. The molecule has 0 radical (unpaired) electrons. The van der Waals surface area contributed by atoms with E-state index in [0.29, 0.717) is 11.4 Å². The molecule has 0 spiro atoms. The Balaban J connectivity index is 1.83. The van der Waals surface area contributed by atoms with E-state index < -0.39 is 0 Å². The summed E-state index contributed by atoms with van der Waals surface area (Å²) in [4.78, 5) is 10.3. The van der Waals surface area contributed by atoms with Gasteiger partial charge in [-0.25, -0.2) is 4.98 Å². The minimum Gasteiger partial charge on any atom is -0.363 e. The van der Waals surface area contributed by atoms with Gasteiger partial charge in [-0.3, -0.25) is 0 Å². The van der Waals surface area contributed by atoms with Crippen LogP contribution in [0, 0.1) is 18.3 Å². The lowest BCUT2D eigenvalue weighted by atomic mass is 9.86. The van der Waals surface area contributed by atoms with Gasteiger partial charge in [0.05, 0.1) is 22.1 Å². The zero-order chi connectivity index (χ0) is 20.8. The van der Waals surface area contributed by atoms with Crippen molar-refractivity contribution >= 4 is 33.9 Å². The lowest BCUT2D eigenvalue weighted by Gasteiger charge is -2.43. The second-order valence-electron chi connectivity index (χ2n) is 8.22. The highest BCUT2D eigenvalue weighted by atomic mass is 15.2. The summed E-state index contributed by atoms with van der Waals surface area (Å²) in [6, 6.07) is 14.6. The highest BCUT2D eigenvalue weighted by Crippen LogP contribution is 2.40. The number of para-hydroxylation sites is 2. The van der Waals surface area contributed by atoms with Crippen molar-refractivity contribution in [1.82, 2.24) is 9.97 Å². The number of hydrogen-bond acceptors (Lipinski definition) is 3. The normalized spacial score (nSPS) is 15.8. The first-order valence-corrected chi connectivity index (χ1v) is 10.0. The van der Waals surface area contributed by atoms with Crippen LogP contribution >= 0.6 is 0 Å². The predicted molar refractivity (Wildman–Crippen MR) is 122 cm³/mol. The molecule has 146 valence electrons. The van der Waals surface area contributed by atoms with Crippen LogP contribution in [0.5, 0.6) is 0 Å². The number of nitrogens with zero attached hydrogens (tertiary/aromatic N) is 3. The summed E-state index contributed by atoms with van der Waals surface area (Å²) in [5, 5.41) is 9.80. The van der Waals surface area contributed by atoms with E-state index in [-0.39, 0.29) is 5.54 Å². The van der Waals surface area contributed by atoms with Gasteiger partial charge in [0.25, 0.3) is 0 Å². The monoisotopic (exact) mass is 382 g/mol. The number of anilines is 1. The Bertz CT molecular complexity index is 1170. The van der Waals surface area contributed by atoms with E-state index in [9.17, 15) is 5.26 Å². The molecule has 4 heteroatoms. The van der Waals surface area contributed by atoms with Gasteiger partial charge in [0.15, 0.2) is 0 Å². The van der Waals surface area contributed by atoms with Crippen molar-refractivity contribution in [1.29, 1.82) is 5.26 Å². The Morgan fingerprint density at radius 3 is 2.69 bits per heavy atom. The molecule has 0 bridgehead atoms. The number of aromatic nitrogens is 2. The molecule has 29 heavy (non-hydrogen) atoms. The molecular formula is C25H26N4. The molecule has 0 atom stereocenters. The van der Waals surface area contributed by atoms with E-state index in [1.54, 1.807) is 0 Å². The van der Waals surface area contributed by atoms with Crippen molar-refractivity contribution in [2.45, 2.75) is 40.2 Å². The number of hydrogen-bond donors (Lipinski definition) is 1. The molecule has 0 aliphatic carbocycles. The molecule has 4 rings (SSSR count). The fourth-order valence-corrected chi connectivity index (χ4v) is 4.37. The Kier molecular flexibility index (Phi) is 4.55. The van der Waals surface area contributed by atoms with Crippen LogP contribution in [0.1, 0.15) is 50.2 Å². The van der Waals surface area contributed by atoms with E-state index in [1.807, 2.05) is 30.3 Å². The van der Waals surface area contributed by atoms with E-state index in [0.717, 1.165) is 28.7 Å². The van der Waals surface area contributed by atoms with Crippen LogP contribution < -0.4 is 4.90 Å². The summed E-state index contributed by atoms with van der Waals surface area (Å²) in [5.74, 6) is 0.606. The number of likely N-dealkylation sites (N-methyl/N-ethyl adjacent to an activating group) is 1. The lowest BCUT2D eigenvalue weighted by molar-refractivity contribution is 0.566. The number of nitrogens with one attached hydrogen (secondary N) is 1. The standard InChI is InChI=1S/C25H26N4/c1-6-29-23-11-16(2)18(13-20(23)17(3)14-25(29,4)5)12-19(15-26)24-27-21-9-7-8-10-22(21)28-24/h7-14H,6H2,1-5H3,(H,27,28)/b19-12-. The van der Waals surface area contributed by atoms with Crippen molar-refractivity contribution in [2.75, 3.05) is 11.4 Å². The molecule has 2 aromatic carbocycles. The van der Waals surface area contributed by atoms with Crippen molar-refractivity contribution in [3.63, 3.8) is 0 Å². The molecule has 4 nitrogen and oxygen atoms in total. The molecule has 3 aromatic rings. The number of aryl methyl sites for hydroxylation is 1. The third-order valence-corrected chi connectivity index (χ3v) is 5.75. The zero-order valence-electron chi connectivity index (χ0n) is 17.7. The first kappa shape index (κ1) is 19.0. The second kappa shape index (κ2) is 6.93. The van der Waals surface area contributed by atoms with Crippen LogP contribution in [0.4, 0.5) is 5.69 Å². The highest BCUT2D eigenvalue weighted by Gasteiger charge is 2.30. The Hall–Kier alpha value is -3.32. The minimum atomic E-state index is -0.0122. The number of fused-ring (bicyclic) bond motifs is 2. The van der Waals surface area contributed by atoms with Crippen LogP contribution in [-0.4, -0.2) is 22.1 Å². The van der Waals surface area contributed by atoms with Gasteiger partial charge in [0, 0.05) is 17.8 Å². The lowest BCUT2D eigenvalue weighted by Crippen LogP contribution is -2.44. The number of benzene rings is 2. The fourth-order valence-electron chi connectivity index (χ4n) is 4.37. The van der Waals surface area contributed by atoms with Gasteiger partial charge >= 0.3 is 0 Å². The van der Waals surface area contributed by atoms with E-state index >= 15 is 0 Å². The number of nitriles is 1. The summed E-state index contributed by atoms with van der Waals surface area (Å²) >= 11 is 0. The highest BCUT2D eigenvalue weighted by molar-refractivity contribution is 5.92. The molecule has 0 saturated carbocycles. The van der Waals surface area contributed by atoms with Gasteiger partial charge in [-0.15, -0.1) is 0 Å². The van der Waals surface area contributed by atoms with E-state index in [1.165, 1.54) is 16.8 Å². The molecule has 2 heterocycles. The molecule has 1 aliphatic rings. The van der Waals surface area contributed by atoms with Crippen molar-refractivity contribution in [2.24, 2.45) is 0 Å². The van der Waals surface area contributed by atoms with Crippen LogP contribution in [-0.2, 0) is 0 Å². The molecule has 0 unspecified atom stereocenters. The topological polar surface area (TPSA) is 55.7 Å². The van der Waals surface area contributed by atoms with Crippen molar-refractivity contribution in [3.8, 4) is 6.07 Å². The molecule has 0 amide bonds. The molecule has 1 aromatic heterocycles. The van der Waals surface area contributed by atoms with Crippen LogP contribution in [0.15, 0.2) is 42.5 Å². The van der Waals surface area contributed by atoms with Crippen molar-refractivity contribution in [3.05, 3.63) is 65.0 Å². The van der Waals surface area contributed by atoms with Gasteiger partial charge in [0.2, 0.25) is 0 Å². The van der Waals surface area contributed by atoms with E-state index in [4.69, 9.17) is 0 Å². The Morgan fingerprint density at radius 2 is 2.00 bits per heavy atom.